The second-order valence-corrected chi connectivity index (χ2v) is 8.20. The average molecular weight is 422 g/mol. The third-order valence-corrected chi connectivity index (χ3v) is 5.84. The van der Waals surface area contributed by atoms with Gasteiger partial charge in [0.05, 0.1) is 16.3 Å². The summed E-state index contributed by atoms with van der Waals surface area (Å²) in [6.07, 6.45) is -0.152. The maximum atomic E-state index is 13.3. The van der Waals surface area contributed by atoms with Crippen molar-refractivity contribution < 1.29 is 22.6 Å². The zero-order chi connectivity index (χ0) is 21.3. The summed E-state index contributed by atoms with van der Waals surface area (Å²) in [5.74, 6) is -2.08. The number of carbonyl (C=O) groups excluding carboxylic acids is 2. The Morgan fingerprint density at radius 1 is 0.700 bits per heavy atom. The van der Waals surface area contributed by atoms with E-state index in [1.807, 2.05) is 0 Å². The average Bonchev–Trinajstić information content (AvgIpc) is 2.99. The van der Waals surface area contributed by atoms with Gasteiger partial charge in [0.1, 0.15) is 5.92 Å². The Morgan fingerprint density at radius 2 is 1.13 bits per heavy atom. The van der Waals surface area contributed by atoms with Gasteiger partial charge in [-0.15, -0.1) is 0 Å². The van der Waals surface area contributed by atoms with Gasteiger partial charge in [0.2, 0.25) is 0 Å². The van der Waals surface area contributed by atoms with Gasteiger partial charge in [-0.2, -0.15) is 8.42 Å². The summed E-state index contributed by atoms with van der Waals surface area (Å²) in [5.41, 5.74) is 1.24. The van der Waals surface area contributed by atoms with Crippen LogP contribution >= 0.6 is 0 Å². The zero-order valence-electron chi connectivity index (χ0n) is 15.8. The summed E-state index contributed by atoms with van der Waals surface area (Å²) < 4.78 is 33.0. The van der Waals surface area contributed by atoms with Crippen LogP contribution < -0.4 is 10.0 Å². The van der Waals surface area contributed by atoms with Crippen LogP contribution in [-0.4, -0.2) is 24.8 Å². The molecule has 152 valence electrons. The molecule has 1 N–H and O–H groups in total. The third-order valence-electron chi connectivity index (χ3n) is 4.89. The number of anilines is 2. The van der Waals surface area contributed by atoms with Gasteiger partial charge in [-0.25, -0.2) is 10.0 Å². The minimum absolute atomic E-state index is 0.152. The highest BCUT2D eigenvalue weighted by Gasteiger charge is 2.47. The molecule has 7 nitrogen and oxygen atoms in total. The van der Waals surface area contributed by atoms with Gasteiger partial charge in [-0.3, -0.25) is 14.1 Å². The number of nitrogens with zero attached hydrogens (tertiary/aromatic N) is 2. The normalized spacial score (nSPS) is 15.1. The van der Waals surface area contributed by atoms with Gasteiger partial charge < -0.3 is 0 Å². The molecule has 1 heterocycles. The zero-order valence-corrected chi connectivity index (χ0v) is 16.6. The highest BCUT2D eigenvalue weighted by atomic mass is 32.2. The minimum atomic E-state index is -4.49. The fourth-order valence-corrected chi connectivity index (χ4v) is 4.27. The second-order valence-electron chi connectivity index (χ2n) is 6.81. The molecule has 0 atom stereocenters. The number of hydrogen-bond acceptors (Lipinski definition) is 4. The molecule has 2 amide bonds. The topological polar surface area (TPSA) is 95.0 Å². The van der Waals surface area contributed by atoms with E-state index < -0.39 is 27.9 Å². The SMILES string of the molecule is O=C1C(Cc2ccccc2S(=O)(=O)O)C(=O)N(c2ccccc2)N1c1ccccc1. The van der Waals surface area contributed by atoms with Crippen LogP contribution in [0.2, 0.25) is 0 Å². The van der Waals surface area contributed by atoms with E-state index in [0.717, 1.165) is 0 Å². The first kappa shape index (κ1) is 19.8. The number of hydrogen-bond donors (Lipinski definition) is 1. The number of para-hydroxylation sites is 2. The van der Waals surface area contributed by atoms with E-state index in [-0.39, 0.29) is 16.9 Å². The Hall–Kier alpha value is -3.49. The first-order chi connectivity index (χ1) is 14.4. The van der Waals surface area contributed by atoms with Crippen LogP contribution in [0.25, 0.3) is 0 Å². The Morgan fingerprint density at radius 3 is 1.60 bits per heavy atom. The molecule has 3 aromatic carbocycles. The van der Waals surface area contributed by atoms with E-state index in [9.17, 15) is 22.6 Å². The molecule has 8 heteroatoms. The molecule has 0 aromatic heterocycles. The minimum Gasteiger partial charge on any atom is -0.282 e. The van der Waals surface area contributed by atoms with Crippen LogP contribution in [0.3, 0.4) is 0 Å². The van der Waals surface area contributed by atoms with Crippen molar-refractivity contribution in [2.45, 2.75) is 11.3 Å². The molecular weight excluding hydrogens is 404 g/mol. The first-order valence-electron chi connectivity index (χ1n) is 9.21. The lowest BCUT2D eigenvalue weighted by Gasteiger charge is -2.27. The summed E-state index contributed by atoms with van der Waals surface area (Å²) in [4.78, 5) is 26.3. The lowest BCUT2D eigenvalue weighted by Crippen LogP contribution is -2.41. The molecule has 30 heavy (non-hydrogen) atoms. The van der Waals surface area contributed by atoms with Crippen LogP contribution in [-0.2, 0) is 26.1 Å². The van der Waals surface area contributed by atoms with Gasteiger partial charge in [0.25, 0.3) is 21.9 Å². The number of rotatable bonds is 5. The van der Waals surface area contributed by atoms with E-state index in [4.69, 9.17) is 0 Å². The lowest BCUT2D eigenvalue weighted by molar-refractivity contribution is -0.126. The molecule has 1 aliphatic rings. The molecule has 4 rings (SSSR count). The highest BCUT2D eigenvalue weighted by Crippen LogP contribution is 2.33. The number of carbonyl (C=O) groups is 2. The van der Waals surface area contributed by atoms with Gasteiger partial charge in [-0.1, -0.05) is 54.6 Å². The van der Waals surface area contributed by atoms with Crippen molar-refractivity contribution in [2.24, 2.45) is 5.92 Å². The Balaban J connectivity index is 1.78. The monoisotopic (exact) mass is 422 g/mol. The molecule has 0 unspecified atom stereocenters. The van der Waals surface area contributed by atoms with Crippen LogP contribution in [0.1, 0.15) is 5.56 Å². The predicted molar refractivity (Wildman–Crippen MR) is 111 cm³/mol. The van der Waals surface area contributed by atoms with Gasteiger partial charge in [0, 0.05) is 0 Å². The van der Waals surface area contributed by atoms with Crippen LogP contribution in [0.4, 0.5) is 11.4 Å². The van der Waals surface area contributed by atoms with Crippen LogP contribution in [0, 0.1) is 5.92 Å². The van der Waals surface area contributed by atoms with E-state index in [1.54, 1.807) is 66.7 Å². The molecule has 0 radical (unpaired) electrons. The van der Waals surface area contributed by atoms with Crippen LogP contribution in [0.15, 0.2) is 89.8 Å². The Kier molecular flexibility index (Phi) is 5.11. The molecule has 0 saturated carbocycles. The van der Waals surface area contributed by atoms with E-state index in [0.29, 0.717) is 11.4 Å². The maximum absolute atomic E-state index is 13.3. The van der Waals surface area contributed by atoms with Crippen molar-refractivity contribution in [3.8, 4) is 0 Å². The molecule has 0 bridgehead atoms. The van der Waals surface area contributed by atoms with Crippen molar-refractivity contribution in [3.63, 3.8) is 0 Å². The fourth-order valence-electron chi connectivity index (χ4n) is 3.54. The first-order valence-corrected chi connectivity index (χ1v) is 10.7. The molecule has 1 saturated heterocycles. The van der Waals surface area contributed by atoms with Crippen molar-refractivity contribution in [3.05, 3.63) is 90.5 Å². The second kappa shape index (κ2) is 7.74. The molecule has 1 aliphatic heterocycles. The Bertz CT molecular complexity index is 1140. The predicted octanol–water partition coefficient (Wildman–Crippen LogP) is 3.09. The standard InChI is InChI=1S/C22H18N2O5S/c25-21-19(15-16-9-7-8-14-20(16)30(27,28)29)22(26)24(18-12-5-2-6-13-18)23(21)17-10-3-1-4-11-17/h1-14,19H,15H2,(H,27,28,29). The molecule has 3 aromatic rings. The lowest BCUT2D eigenvalue weighted by atomic mass is 9.98. The van der Waals surface area contributed by atoms with Crippen molar-refractivity contribution >= 4 is 33.3 Å². The van der Waals surface area contributed by atoms with Crippen LogP contribution in [0.5, 0.6) is 0 Å². The summed E-state index contributed by atoms with van der Waals surface area (Å²) in [6.45, 7) is 0. The molecule has 1 fully saturated rings. The number of hydrazine groups is 1. The smallest absolute Gasteiger partial charge is 0.282 e. The summed E-state index contributed by atoms with van der Waals surface area (Å²) in [7, 11) is -4.49. The Labute approximate surface area is 173 Å². The van der Waals surface area contributed by atoms with E-state index >= 15 is 0 Å². The highest BCUT2D eigenvalue weighted by molar-refractivity contribution is 7.85. The summed E-state index contributed by atoms with van der Waals surface area (Å²) in [6, 6.07) is 23.3. The van der Waals surface area contributed by atoms with Crippen molar-refractivity contribution in [1.82, 2.24) is 0 Å². The third kappa shape index (κ3) is 3.58. The van der Waals surface area contributed by atoms with Gasteiger partial charge in [-0.05, 0) is 42.3 Å². The quantitative estimate of drug-likeness (QED) is 0.504. The summed E-state index contributed by atoms with van der Waals surface area (Å²) in [5, 5.41) is 2.61. The molecule has 0 aliphatic carbocycles. The fraction of sp³-hybridized carbons (Fsp3) is 0.0909. The molecular formula is C22H18N2O5S. The largest absolute Gasteiger partial charge is 0.294 e. The number of amides is 2. The summed E-state index contributed by atoms with van der Waals surface area (Å²) >= 11 is 0. The van der Waals surface area contributed by atoms with E-state index in [1.165, 1.54) is 28.2 Å². The van der Waals surface area contributed by atoms with Gasteiger partial charge in [0.15, 0.2) is 0 Å². The van der Waals surface area contributed by atoms with E-state index in [2.05, 4.69) is 0 Å². The maximum Gasteiger partial charge on any atom is 0.294 e. The van der Waals surface area contributed by atoms with Gasteiger partial charge >= 0.3 is 0 Å². The molecule has 0 spiro atoms. The van der Waals surface area contributed by atoms with Crippen molar-refractivity contribution in [2.75, 3.05) is 10.0 Å². The van der Waals surface area contributed by atoms with Crippen molar-refractivity contribution in [1.29, 1.82) is 0 Å². The number of benzene rings is 3.